The van der Waals surface area contributed by atoms with Crippen LogP contribution in [0.1, 0.15) is 12.8 Å². The molecule has 0 saturated carbocycles. The van der Waals surface area contributed by atoms with Gasteiger partial charge < -0.3 is 9.84 Å². The summed E-state index contributed by atoms with van der Waals surface area (Å²) in [6, 6.07) is 0. The Bertz CT molecular complexity index is 195. The molecule has 0 aromatic rings. The molecular weight excluding hydrogens is 308 g/mol. The second-order valence-electron chi connectivity index (χ2n) is 2.37. The maximum atomic E-state index is 10.9. The normalized spacial score (nSPS) is 14.7. The van der Waals surface area contributed by atoms with Crippen LogP contribution in [-0.4, -0.2) is 33.8 Å². The minimum Gasteiger partial charge on any atom is -0.480 e. The first kappa shape index (κ1) is 12.9. The van der Waals surface area contributed by atoms with Crippen LogP contribution in [-0.2, 0) is 14.3 Å². The SMILES string of the molecule is COC(=O)C(Br)CCC(Br)C(=O)O. The topological polar surface area (TPSA) is 63.6 Å². The van der Waals surface area contributed by atoms with E-state index in [0.29, 0.717) is 12.8 Å². The van der Waals surface area contributed by atoms with Crippen LogP contribution in [0.5, 0.6) is 0 Å². The quantitative estimate of drug-likeness (QED) is 0.617. The fourth-order valence-electron chi connectivity index (χ4n) is 0.662. The lowest BCUT2D eigenvalue weighted by Gasteiger charge is -2.08. The standard InChI is InChI=1S/C7H10Br2O4/c1-13-7(12)5(9)3-2-4(8)6(10)11/h4-5H,2-3H2,1H3,(H,10,11). The summed E-state index contributed by atoms with van der Waals surface area (Å²) in [4.78, 5) is 20.2. The average Bonchev–Trinajstić information content (AvgIpc) is 2.11. The van der Waals surface area contributed by atoms with E-state index in [2.05, 4.69) is 36.6 Å². The number of hydrogen-bond donors (Lipinski definition) is 1. The van der Waals surface area contributed by atoms with Crippen molar-refractivity contribution in [3.8, 4) is 0 Å². The highest BCUT2D eigenvalue weighted by molar-refractivity contribution is 9.10. The summed E-state index contributed by atoms with van der Waals surface area (Å²) in [6.07, 6.45) is 0.801. The number of carbonyl (C=O) groups is 2. The average molecular weight is 318 g/mol. The number of carbonyl (C=O) groups excluding carboxylic acids is 1. The molecule has 0 aliphatic carbocycles. The first-order valence-corrected chi connectivity index (χ1v) is 5.41. The molecule has 2 atom stereocenters. The first-order chi connectivity index (χ1) is 5.99. The molecule has 1 N–H and O–H groups in total. The van der Waals surface area contributed by atoms with E-state index in [4.69, 9.17) is 5.11 Å². The molecule has 0 heterocycles. The van der Waals surface area contributed by atoms with E-state index in [1.54, 1.807) is 0 Å². The molecule has 0 spiro atoms. The number of alkyl halides is 2. The van der Waals surface area contributed by atoms with Gasteiger partial charge in [-0.05, 0) is 12.8 Å². The fourth-order valence-corrected chi connectivity index (χ4v) is 1.38. The monoisotopic (exact) mass is 316 g/mol. The van der Waals surface area contributed by atoms with Gasteiger partial charge in [-0.1, -0.05) is 31.9 Å². The van der Waals surface area contributed by atoms with Gasteiger partial charge in [-0.25, -0.2) is 0 Å². The predicted molar refractivity (Wildman–Crippen MR) is 54.3 cm³/mol. The fraction of sp³-hybridized carbons (Fsp3) is 0.714. The molecule has 0 aliphatic rings. The molecular formula is C7H10Br2O4. The van der Waals surface area contributed by atoms with E-state index in [1.165, 1.54) is 7.11 Å². The molecule has 0 aromatic heterocycles. The van der Waals surface area contributed by atoms with Crippen LogP contribution < -0.4 is 0 Å². The second-order valence-corrected chi connectivity index (χ2v) is 4.58. The molecule has 0 bridgehead atoms. The van der Waals surface area contributed by atoms with Crippen LogP contribution in [0, 0.1) is 0 Å². The minimum absolute atomic E-state index is 0.375. The summed E-state index contributed by atoms with van der Waals surface area (Å²) in [7, 11) is 1.29. The lowest BCUT2D eigenvalue weighted by atomic mass is 10.2. The number of halogens is 2. The molecule has 2 unspecified atom stereocenters. The summed E-state index contributed by atoms with van der Waals surface area (Å²) in [6.45, 7) is 0. The van der Waals surface area contributed by atoms with Crippen LogP contribution in [0.2, 0.25) is 0 Å². The van der Waals surface area contributed by atoms with Gasteiger partial charge in [0.1, 0.15) is 9.65 Å². The van der Waals surface area contributed by atoms with Crippen molar-refractivity contribution >= 4 is 43.8 Å². The van der Waals surface area contributed by atoms with E-state index < -0.39 is 15.6 Å². The highest BCUT2D eigenvalue weighted by Gasteiger charge is 2.19. The zero-order chi connectivity index (χ0) is 10.4. The Balaban J connectivity index is 3.76. The van der Waals surface area contributed by atoms with E-state index in [9.17, 15) is 9.59 Å². The van der Waals surface area contributed by atoms with Crippen molar-refractivity contribution in [2.24, 2.45) is 0 Å². The number of methoxy groups -OCH3 is 1. The van der Waals surface area contributed by atoms with Gasteiger partial charge in [0, 0.05) is 0 Å². The zero-order valence-electron chi connectivity index (χ0n) is 7.00. The Kier molecular flexibility index (Phi) is 6.32. The smallest absolute Gasteiger partial charge is 0.319 e. The summed E-state index contributed by atoms with van der Waals surface area (Å²) >= 11 is 6.06. The molecule has 4 nitrogen and oxygen atoms in total. The number of carboxylic acid groups (broad SMARTS) is 1. The summed E-state index contributed by atoms with van der Waals surface area (Å²) in [5, 5.41) is 8.51. The number of esters is 1. The van der Waals surface area contributed by atoms with Crippen LogP contribution >= 0.6 is 31.9 Å². The maximum Gasteiger partial charge on any atom is 0.319 e. The minimum atomic E-state index is -0.926. The highest BCUT2D eigenvalue weighted by atomic mass is 79.9. The van der Waals surface area contributed by atoms with Crippen LogP contribution in [0.25, 0.3) is 0 Å². The number of ether oxygens (including phenoxy) is 1. The van der Waals surface area contributed by atoms with Crippen molar-refractivity contribution in [3.05, 3.63) is 0 Å². The number of aliphatic carboxylic acids is 1. The molecule has 0 rings (SSSR count). The van der Waals surface area contributed by atoms with E-state index in [1.807, 2.05) is 0 Å². The third-order valence-corrected chi connectivity index (χ3v) is 3.08. The lowest BCUT2D eigenvalue weighted by molar-refractivity contribution is -0.140. The van der Waals surface area contributed by atoms with E-state index >= 15 is 0 Å². The van der Waals surface area contributed by atoms with Gasteiger partial charge in [-0.3, -0.25) is 9.59 Å². The molecule has 6 heteroatoms. The molecule has 0 amide bonds. The van der Waals surface area contributed by atoms with Gasteiger partial charge in [0.05, 0.1) is 7.11 Å². The number of carboxylic acids is 1. The van der Waals surface area contributed by atoms with Crippen molar-refractivity contribution in [1.29, 1.82) is 0 Å². The predicted octanol–water partition coefficient (Wildman–Crippen LogP) is 1.55. The highest BCUT2D eigenvalue weighted by Crippen LogP contribution is 2.15. The van der Waals surface area contributed by atoms with Crippen molar-refractivity contribution in [1.82, 2.24) is 0 Å². The van der Waals surface area contributed by atoms with Gasteiger partial charge in [0.15, 0.2) is 0 Å². The van der Waals surface area contributed by atoms with Gasteiger partial charge in [0.2, 0.25) is 0 Å². The Morgan fingerprint density at radius 2 is 1.77 bits per heavy atom. The number of hydrogen-bond acceptors (Lipinski definition) is 3. The van der Waals surface area contributed by atoms with Crippen molar-refractivity contribution in [2.75, 3.05) is 7.11 Å². The third kappa shape index (κ3) is 5.25. The van der Waals surface area contributed by atoms with Crippen LogP contribution in [0.4, 0.5) is 0 Å². The Morgan fingerprint density at radius 3 is 2.15 bits per heavy atom. The first-order valence-electron chi connectivity index (χ1n) is 3.57. The summed E-state index contributed by atoms with van der Waals surface area (Å²) in [5.74, 6) is -1.31. The molecule has 0 aliphatic heterocycles. The van der Waals surface area contributed by atoms with E-state index in [0.717, 1.165) is 0 Å². The molecule has 0 radical (unpaired) electrons. The molecule has 0 aromatic carbocycles. The van der Waals surface area contributed by atoms with Crippen molar-refractivity contribution < 1.29 is 19.4 Å². The summed E-state index contributed by atoms with van der Waals surface area (Å²) < 4.78 is 4.46. The van der Waals surface area contributed by atoms with Crippen molar-refractivity contribution in [2.45, 2.75) is 22.5 Å². The summed E-state index contributed by atoms with van der Waals surface area (Å²) in [5.41, 5.74) is 0. The molecule has 76 valence electrons. The largest absolute Gasteiger partial charge is 0.480 e. The third-order valence-electron chi connectivity index (χ3n) is 1.40. The zero-order valence-corrected chi connectivity index (χ0v) is 10.2. The maximum absolute atomic E-state index is 10.9. The second kappa shape index (κ2) is 6.37. The van der Waals surface area contributed by atoms with Gasteiger partial charge in [-0.15, -0.1) is 0 Å². The number of rotatable bonds is 5. The van der Waals surface area contributed by atoms with Gasteiger partial charge >= 0.3 is 11.9 Å². The van der Waals surface area contributed by atoms with E-state index in [-0.39, 0.29) is 5.97 Å². The Morgan fingerprint density at radius 1 is 1.31 bits per heavy atom. The molecule has 0 saturated heterocycles. The van der Waals surface area contributed by atoms with Crippen LogP contribution in [0.15, 0.2) is 0 Å². The van der Waals surface area contributed by atoms with Gasteiger partial charge in [0.25, 0.3) is 0 Å². The lowest BCUT2D eigenvalue weighted by Crippen LogP contribution is -2.19. The molecule has 0 fully saturated rings. The van der Waals surface area contributed by atoms with Crippen molar-refractivity contribution in [3.63, 3.8) is 0 Å². The van der Waals surface area contributed by atoms with Gasteiger partial charge in [-0.2, -0.15) is 0 Å². The Hall–Kier alpha value is -0.100. The molecule has 13 heavy (non-hydrogen) atoms. The Labute approximate surface area is 92.9 Å². The van der Waals surface area contributed by atoms with Crippen LogP contribution in [0.3, 0.4) is 0 Å².